The lowest BCUT2D eigenvalue weighted by Gasteiger charge is -2.29. The second kappa shape index (κ2) is 14.5. The van der Waals surface area contributed by atoms with Crippen molar-refractivity contribution < 1.29 is 19.1 Å². The third-order valence-corrected chi connectivity index (χ3v) is 7.37. The normalized spacial score (nSPS) is 12.7. The third-order valence-electron chi connectivity index (χ3n) is 7.37. The zero-order valence-electron chi connectivity index (χ0n) is 24.9. The van der Waals surface area contributed by atoms with Crippen LogP contribution in [0.1, 0.15) is 56.6 Å². The number of ether oxygens (including phenoxy) is 1. The lowest BCUT2D eigenvalue weighted by atomic mass is 9.87. The number of aromatic amines is 1. The number of carbonyl (C=O) groups excluding carboxylic acids is 1. The van der Waals surface area contributed by atoms with Gasteiger partial charge in [-0.2, -0.15) is 0 Å². The first-order valence-electron chi connectivity index (χ1n) is 14.7. The number of para-hydroxylation sites is 1. The quantitative estimate of drug-likeness (QED) is 0.189. The highest BCUT2D eigenvalue weighted by atomic mass is 16.5. The first-order chi connectivity index (χ1) is 19.7. The van der Waals surface area contributed by atoms with Crippen LogP contribution in [0, 0.1) is 0 Å². The molecule has 0 radical (unpaired) electrons. The fraction of sp³-hybridized carbons (Fsp3) is 0.441. The van der Waals surface area contributed by atoms with Crippen molar-refractivity contribution in [3.8, 4) is 0 Å². The van der Waals surface area contributed by atoms with Gasteiger partial charge >= 0.3 is 0 Å². The first-order valence-corrected chi connectivity index (χ1v) is 14.7. The fourth-order valence-corrected chi connectivity index (χ4v) is 5.10. The number of nitrogens with zero attached hydrogens (tertiary/aromatic N) is 2. The molecule has 0 saturated heterocycles. The molecule has 0 aliphatic heterocycles. The number of H-pyrrole nitrogens is 1. The predicted octanol–water partition coefficient (Wildman–Crippen LogP) is 5.92. The number of aliphatic hydroxyl groups excluding tert-OH is 1. The standard InChI is InChI=1S/C34H45N3O4/c1-5-17-36(22-29(38)24-40-25-30-9-8-19-41-30)23-33(39)37(21-26-12-14-28(15-13-26)34(2,3)4)18-16-27-20-35-32-11-7-6-10-31(27)32/h6-15,19-20,29,35,38H,5,16-18,21-25H2,1-4H3. The van der Waals surface area contributed by atoms with Crippen molar-refractivity contribution in [3.05, 3.63) is 95.6 Å². The molecule has 7 nitrogen and oxygen atoms in total. The molecule has 1 atom stereocenters. The molecule has 0 aliphatic carbocycles. The van der Waals surface area contributed by atoms with Crippen molar-refractivity contribution >= 4 is 16.8 Å². The Labute approximate surface area is 244 Å². The molecule has 4 rings (SSSR count). The Balaban J connectivity index is 1.42. The van der Waals surface area contributed by atoms with Gasteiger partial charge in [0.05, 0.1) is 25.5 Å². The zero-order chi connectivity index (χ0) is 29.2. The summed E-state index contributed by atoms with van der Waals surface area (Å²) >= 11 is 0. The highest BCUT2D eigenvalue weighted by molar-refractivity contribution is 5.83. The van der Waals surface area contributed by atoms with E-state index < -0.39 is 6.10 Å². The van der Waals surface area contributed by atoms with Crippen LogP contribution < -0.4 is 0 Å². The molecule has 7 heteroatoms. The molecule has 1 amide bonds. The molecule has 2 aromatic heterocycles. The average molecular weight is 560 g/mol. The van der Waals surface area contributed by atoms with Crippen LogP contribution in [0.5, 0.6) is 0 Å². The number of hydrogen-bond donors (Lipinski definition) is 2. The van der Waals surface area contributed by atoms with Gasteiger partial charge in [0.25, 0.3) is 0 Å². The molecule has 0 saturated carbocycles. The number of amides is 1. The molecule has 1 unspecified atom stereocenters. The van der Waals surface area contributed by atoms with Gasteiger partial charge in [-0.1, -0.05) is 70.2 Å². The lowest BCUT2D eigenvalue weighted by Crippen LogP contribution is -2.44. The lowest BCUT2D eigenvalue weighted by molar-refractivity contribution is -0.133. The minimum Gasteiger partial charge on any atom is -0.467 e. The van der Waals surface area contributed by atoms with Crippen LogP contribution in [0.15, 0.2) is 77.5 Å². The van der Waals surface area contributed by atoms with Crippen LogP contribution in [0.25, 0.3) is 10.9 Å². The molecule has 2 N–H and O–H groups in total. The van der Waals surface area contributed by atoms with E-state index in [-0.39, 0.29) is 24.5 Å². The highest BCUT2D eigenvalue weighted by Gasteiger charge is 2.21. The topological polar surface area (TPSA) is 81.9 Å². The van der Waals surface area contributed by atoms with Crippen LogP contribution in [0.3, 0.4) is 0 Å². The van der Waals surface area contributed by atoms with Gasteiger partial charge in [-0.15, -0.1) is 0 Å². The smallest absolute Gasteiger partial charge is 0.237 e. The third kappa shape index (κ3) is 9.05. The van der Waals surface area contributed by atoms with Gasteiger partial charge in [-0.25, -0.2) is 0 Å². The number of aliphatic hydroxyl groups is 1. The number of fused-ring (bicyclic) bond motifs is 1. The summed E-state index contributed by atoms with van der Waals surface area (Å²) in [4.78, 5) is 21.1. The summed E-state index contributed by atoms with van der Waals surface area (Å²) in [7, 11) is 0. The number of aromatic nitrogens is 1. The minimum atomic E-state index is -0.700. The molecule has 0 bridgehead atoms. The SMILES string of the molecule is CCCN(CC(=O)N(CCc1c[nH]c2ccccc12)Cc1ccc(C(C)(C)C)cc1)CC(O)COCc1ccco1. The average Bonchev–Trinajstić information content (AvgIpc) is 3.61. The summed E-state index contributed by atoms with van der Waals surface area (Å²) in [6.45, 7) is 11.7. The predicted molar refractivity (Wildman–Crippen MR) is 164 cm³/mol. The summed E-state index contributed by atoms with van der Waals surface area (Å²) in [6, 6.07) is 20.5. The van der Waals surface area contributed by atoms with Crippen molar-refractivity contribution in [1.82, 2.24) is 14.8 Å². The summed E-state index contributed by atoms with van der Waals surface area (Å²) in [5, 5.41) is 11.9. The number of rotatable bonds is 15. The largest absolute Gasteiger partial charge is 0.467 e. The molecule has 0 aliphatic rings. The number of hydrogen-bond acceptors (Lipinski definition) is 5. The van der Waals surface area contributed by atoms with E-state index >= 15 is 0 Å². The van der Waals surface area contributed by atoms with Crippen molar-refractivity contribution in [3.63, 3.8) is 0 Å². The van der Waals surface area contributed by atoms with Gasteiger partial charge in [0.1, 0.15) is 12.4 Å². The minimum absolute atomic E-state index is 0.0573. The Morgan fingerprint density at radius 1 is 1.05 bits per heavy atom. The van der Waals surface area contributed by atoms with Gasteiger partial charge in [0, 0.05) is 36.7 Å². The molecular weight excluding hydrogens is 514 g/mol. The summed E-state index contributed by atoms with van der Waals surface area (Å²) in [5.41, 5.74) is 4.77. The number of carbonyl (C=O) groups is 1. The van der Waals surface area contributed by atoms with Gasteiger partial charge in [0.2, 0.25) is 5.91 Å². The zero-order valence-corrected chi connectivity index (χ0v) is 24.9. The van der Waals surface area contributed by atoms with Gasteiger partial charge in [0.15, 0.2) is 0 Å². The monoisotopic (exact) mass is 559 g/mol. The second-order valence-corrected chi connectivity index (χ2v) is 11.9. The molecule has 41 heavy (non-hydrogen) atoms. The van der Waals surface area contributed by atoms with Gasteiger partial charge in [-0.3, -0.25) is 9.69 Å². The Kier molecular flexibility index (Phi) is 10.8. The molecular formula is C34H45N3O4. The van der Waals surface area contributed by atoms with Crippen LogP contribution >= 0.6 is 0 Å². The van der Waals surface area contributed by atoms with Crippen molar-refractivity contribution in [1.29, 1.82) is 0 Å². The summed E-state index contributed by atoms with van der Waals surface area (Å²) < 4.78 is 10.9. The maximum absolute atomic E-state index is 13.8. The van der Waals surface area contributed by atoms with Gasteiger partial charge in [-0.05, 0) is 59.7 Å². The molecule has 2 aromatic carbocycles. The van der Waals surface area contributed by atoms with E-state index in [4.69, 9.17) is 9.15 Å². The Bertz CT molecular complexity index is 1340. The van der Waals surface area contributed by atoms with E-state index in [1.807, 2.05) is 40.3 Å². The molecule has 0 fully saturated rings. The van der Waals surface area contributed by atoms with Crippen LogP contribution in [-0.2, 0) is 34.5 Å². The van der Waals surface area contributed by atoms with E-state index in [0.717, 1.165) is 36.2 Å². The van der Waals surface area contributed by atoms with Gasteiger partial charge < -0.3 is 24.1 Å². The van der Waals surface area contributed by atoms with E-state index in [9.17, 15) is 9.90 Å². The number of furan rings is 1. The molecule has 220 valence electrons. The summed E-state index contributed by atoms with van der Waals surface area (Å²) in [5.74, 6) is 0.779. The summed E-state index contributed by atoms with van der Waals surface area (Å²) in [6.07, 6.45) is 4.60. The first kappa shape index (κ1) is 30.6. The number of nitrogens with one attached hydrogen (secondary N) is 1. The number of benzene rings is 2. The van der Waals surface area contributed by atoms with Crippen LogP contribution in [0.2, 0.25) is 0 Å². The Morgan fingerprint density at radius 2 is 1.83 bits per heavy atom. The molecule has 2 heterocycles. The van der Waals surface area contributed by atoms with Crippen molar-refractivity contribution in [2.45, 2.75) is 65.2 Å². The van der Waals surface area contributed by atoms with Crippen LogP contribution in [0.4, 0.5) is 0 Å². The fourth-order valence-electron chi connectivity index (χ4n) is 5.10. The maximum atomic E-state index is 13.8. The van der Waals surface area contributed by atoms with Crippen LogP contribution in [-0.4, -0.2) is 64.7 Å². The van der Waals surface area contributed by atoms with E-state index in [1.54, 1.807) is 6.26 Å². The Hall–Kier alpha value is -3.39. The van der Waals surface area contributed by atoms with E-state index in [0.29, 0.717) is 26.2 Å². The van der Waals surface area contributed by atoms with E-state index in [1.165, 1.54) is 16.5 Å². The Morgan fingerprint density at radius 3 is 2.54 bits per heavy atom. The maximum Gasteiger partial charge on any atom is 0.237 e. The van der Waals surface area contributed by atoms with Crippen molar-refractivity contribution in [2.24, 2.45) is 0 Å². The van der Waals surface area contributed by atoms with E-state index in [2.05, 4.69) is 69.1 Å². The second-order valence-electron chi connectivity index (χ2n) is 11.9. The van der Waals surface area contributed by atoms with Crippen molar-refractivity contribution in [2.75, 3.05) is 32.8 Å². The highest BCUT2D eigenvalue weighted by Crippen LogP contribution is 2.23. The molecule has 4 aromatic rings. The molecule has 0 spiro atoms.